The Bertz CT molecular complexity index is 1360. The molecule has 192 valence electrons. The van der Waals surface area contributed by atoms with Gasteiger partial charge in [0.05, 0.1) is 10.5 Å². The molecule has 0 aliphatic carbocycles. The van der Waals surface area contributed by atoms with Gasteiger partial charge < -0.3 is 4.42 Å². The Balaban J connectivity index is 1.48. The first-order chi connectivity index (χ1) is 16.8. The van der Waals surface area contributed by atoms with Crippen molar-refractivity contribution in [1.82, 2.24) is 14.5 Å². The fourth-order valence-corrected chi connectivity index (χ4v) is 6.27. The third-order valence-corrected chi connectivity index (χ3v) is 7.99. The molecule has 2 atom stereocenters. The van der Waals surface area contributed by atoms with E-state index in [0.717, 1.165) is 18.6 Å². The van der Waals surface area contributed by atoms with E-state index in [9.17, 15) is 26.4 Å². The number of rotatable bonds is 5. The van der Waals surface area contributed by atoms with Gasteiger partial charge in [0.15, 0.2) is 0 Å². The largest absolute Gasteiger partial charge is 0.416 e. The lowest BCUT2D eigenvalue weighted by Crippen LogP contribution is -2.42. The maximum atomic E-state index is 13.2. The van der Waals surface area contributed by atoms with Crippen LogP contribution in [-0.2, 0) is 16.2 Å². The topological polar surface area (TPSA) is 105 Å². The molecule has 3 aromatic rings. The summed E-state index contributed by atoms with van der Waals surface area (Å²) in [5.41, 5.74) is 0.0396. The molecule has 0 bridgehead atoms. The Kier molecular flexibility index (Phi) is 6.93. The summed E-state index contributed by atoms with van der Waals surface area (Å²) in [6.07, 6.45) is -3.50. The van der Waals surface area contributed by atoms with Crippen molar-refractivity contribution in [3.8, 4) is 11.5 Å². The predicted octanol–water partition coefficient (Wildman–Crippen LogP) is 4.98. The lowest BCUT2D eigenvalue weighted by molar-refractivity contribution is -0.137. The molecule has 36 heavy (non-hydrogen) atoms. The maximum absolute atomic E-state index is 13.2. The van der Waals surface area contributed by atoms with Crippen molar-refractivity contribution >= 4 is 21.9 Å². The molecular formula is C24H25F3N4O4S. The van der Waals surface area contributed by atoms with Crippen LogP contribution in [0.1, 0.15) is 41.8 Å². The van der Waals surface area contributed by atoms with E-state index in [4.69, 9.17) is 4.42 Å². The molecule has 8 nitrogen and oxygen atoms in total. The number of sulfonamides is 1. The summed E-state index contributed by atoms with van der Waals surface area (Å²) in [6, 6.07) is 8.18. The van der Waals surface area contributed by atoms with Gasteiger partial charge in [-0.3, -0.25) is 10.1 Å². The van der Waals surface area contributed by atoms with Crippen LogP contribution in [0.4, 0.5) is 19.2 Å². The van der Waals surface area contributed by atoms with Crippen molar-refractivity contribution in [1.29, 1.82) is 0 Å². The fourth-order valence-electron chi connectivity index (χ4n) is 4.38. The molecule has 1 aromatic heterocycles. The van der Waals surface area contributed by atoms with Crippen LogP contribution < -0.4 is 5.32 Å². The molecule has 1 amide bonds. The smallest absolute Gasteiger partial charge is 0.403 e. The Hall–Kier alpha value is -3.25. The van der Waals surface area contributed by atoms with E-state index < -0.39 is 27.7 Å². The summed E-state index contributed by atoms with van der Waals surface area (Å²) in [7, 11) is -3.71. The average Bonchev–Trinajstić information content (AvgIpc) is 3.26. The van der Waals surface area contributed by atoms with Crippen LogP contribution >= 0.6 is 0 Å². The lowest BCUT2D eigenvalue weighted by atomic mass is 9.94. The van der Waals surface area contributed by atoms with Crippen LogP contribution in [-0.4, -0.2) is 41.9 Å². The molecule has 1 saturated heterocycles. The molecule has 0 spiro atoms. The number of nitrogens with one attached hydrogen (secondary N) is 1. The Morgan fingerprint density at radius 2 is 1.69 bits per heavy atom. The summed E-state index contributed by atoms with van der Waals surface area (Å²) < 4.78 is 71.5. The lowest BCUT2D eigenvalue weighted by Gasteiger charge is -2.34. The van der Waals surface area contributed by atoms with Crippen LogP contribution in [0, 0.1) is 18.8 Å². The minimum absolute atomic E-state index is 0.0679. The molecule has 1 fully saturated rings. The zero-order chi connectivity index (χ0) is 26.3. The molecular weight excluding hydrogens is 497 g/mol. The minimum Gasteiger partial charge on any atom is -0.403 e. The van der Waals surface area contributed by atoms with Gasteiger partial charge >= 0.3 is 12.2 Å². The van der Waals surface area contributed by atoms with Crippen LogP contribution in [0.3, 0.4) is 0 Å². The highest BCUT2D eigenvalue weighted by Crippen LogP contribution is 2.31. The van der Waals surface area contributed by atoms with E-state index in [-0.39, 0.29) is 39.8 Å². The number of hydrogen-bond donors (Lipinski definition) is 1. The summed E-state index contributed by atoms with van der Waals surface area (Å²) in [6.45, 7) is 6.58. The van der Waals surface area contributed by atoms with E-state index in [1.807, 2.05) is 13.8 Å². The van der Waals surface area contributed by atoms with Crippen molar-refractivity contribution < 1.29 is 30.8 Å². The van der Waals surface area contributed by atoms with Gasteiger partial charge in [0, 0.05) is 24.2 Å². The first kappa shape index (κ1) is 25.8. The average molecular weight is 523 g/mol. The molecule has 0 radical (unpaired) electrons. The fraction of sp³-hybridized carbons (Fsp3) is 0.375. The molecule has 2 aromatic carbocycles. The van der Waals surface area contributed by atoms with Gasteiger partial charge in [-0.15, -0.1) is 5.10 Å². The zero-order valence-corrected chi connectivity index (χ0v) is 20.7. The van der Waals surface area contributed by atoms with E-state index in [2.05, 4.69) is 15.5 Å². The highest BCUT2D eigenvalue weighted by Gasteiger charge is 2.33. The molecule has 1 aliphatic rings. The number of aromatic nitrogens is 2. The minimum atomic E-state index is -4.47. The van der Waals surface area contributed by atoms with Crippen LogP contribution in [0.5, 0.6) is 0 Å². The first-order valence-electron chi connectivity index (χ1n) is 11.3. The third kappa shape index (κ3) is 5.44. The van der Waals surface area contributed by atoms with Crippen molar-refractivity contribution in [2.24, 2.45) is 11.8 Å². The Morgan fingerprint density at radius 3 is 2.28 bits per heavy atom. The molecule has 4 rings (SSSR count). The number of amides is 1. The van der Waals surface area contributed by atoms with E-state index >= 15 is 0 Å². The number of halogens is 3. The van der Waals surface area contributed by atoms with Crippen molar-refractivity contribution in [2.45, 2.75) is 38.3 Å². The SMILES string of the molecule is Cc1cc(C(=O)Nc2nnc(-c3ccc(C(F)(F)F)cc3)o2)ccc1S(=O)(=O)N1C[C@H](C)C[C@H](C)C1. The van der Waals surface area contributed by atoms with Crippen molar-refractivity contribution in [2.75, 3.05) is 18.4 Å². The first-order valence-corrected chi connectivity index (χ1v) is 12.7. The van der Waals surface area contributed by atoms with Crippen LogP contribution in [0.25, 0.3) is 11.5 Å². The number of nitrogens with zero attached hydrogens (tertiary/aromatic N) is 3. The molecule has 1 N–H and O–H groups in total. The third-order valence-electron chi connectivity index (χ3n) is 5.99. The van der Waals surface area contributed by atoms with Gasteiger partial charge in [0.1, 0.15) is 0 Å². The number of anilines is 1. The second-order valence-electron chi connectivity index (χ2n) is 9.19. The zero-order valence-electron chi connectivity index (χ0n) is 19.8. The molecule has 2 heterocycles. The predicted molar refractivity (Wildman–Crippen MR) is 126 cm³/mol. The summed E-state index contributed by atoms with van der Waals surface area (Å²) >= 11 is 0. The van der Waals surface area contributed by atoms with Crippen LogP contribution in [0.15, 0.2) is 51.8 Å². The normalized spacial score (nSPS) is 19.3. The van der Waals surface area contributed by atoms with Crippen molar-refractivity contribution in [3.63, 3.8) is 0 Å². The summed E-state index contributed by atoms with van der Waals surface area (Å²) in [5, 5.41) is 9.89. The van der Waals surface area contributed by atoms with Crippen LogP contribution in [0.2, 0.25) is 0 Å². The standard InChI is InChI=1S/C24H25F3N4O4S/c1-14-10-15(2)13-31(12-14)36(33,34)20-9-6-18(11-16(20)3)21(32)28-23-30-29-22(35-23)17-4-7-19(8-5-17)24(25,26)27/h4-9,11,14-15H,10,12-13H2,1-3H3,(H,28,30,32)/t14-,15+. The molecule has 0 saturated carbocycles. The number of carbonyl (C=O) groups is 1. The van der Waals surface area contributed by atoms with Gasteiger partial charge in [-0.05, 0) is 73.2 Å². The second-order valence-corrected chi connectivity index (χ2v) is 11.1. The summed E-state index contributed by atoms with van der Waals surface area (Å²) in [5.74, 6) is -0.155. The molecule has 12 heteroatoms. The summed E-state index contributed by atoms with van der Waals surface area (Å²) in [4.78, 5) is 12.8. The van der Waals surface area contributed by atoms with E-state index in [1.54, 1.807) is 6.92 Å². The van der Waals surface area contributed by atoms with Crippen molar-refractivity contribution in [3.05, 3.63) is 59.2 Å². The Labute approximate surface area is 206 Å². The number of piperidine rings is 1. The number of benzene rings is 2. The number of aryl methyl sites for hydroxylation is 1. The number of alkyl halides is 3. The van der Waals surface area contributed by atoms with Gasteiger partial charge in [0.2, 0.25) is 15.9 Å². The highest BCUT2D eigenvalue weighted by molar-refractivity contribution is 7.89. The van der Waals surface area contributed by atoms with Gasteiger partial charge in [-0.25, -0.2) is 8.42 Å². The number of hydrogen-bond acceptors (Lipinski definition) is 6. The van der Waals surface area contributed by atoms with Gasteiger partial charge in [-0.1, -0.05) is 18.9 Å². The van der Waals surface area contributed by atoms with Gasteiger partial charge in [0.25, 0.3) is 5.91 Å². The quantitative estimate of drug-likeness (QED) is 0.507. The van der Waals surface area contributed by atoms with E-state index in [1.165, 1.54) is 34.6 Å². The molecule has 0 unspecified atom stereocenters. The second kappa shape index (κ2) is 9.66. The van der Waals surface area contributed by atoms with Gasteiger partial charge in [-0.2, -0.15) is 17.5 Å². The number of carbonyl (C=O) groups excluding carboxylic acids is 1. The maximum Gasteiger partial charge on any atom is 0.416 e. The monoisotopic (exact) mass is 522 g/mol. The Morgan fingerprint density at radius 1 is 1.06 bits per heavy atom. The highest BCUT2D eigenvalue weighted by atomic mass is 32.2. The molecule has 1 aliphatic heterocycles. The van der Waals surface area contributed by atoms with E-state index in [0.29, 0.717) is 18.7 Å².